The Morgan fingerprint density at radius 2 is 2.43 bits per heavy atom. The van der Waals surface area contributed by atoms with Gasteiger partial charge in [-0.1, -0.05) is 11.8 Å². The average molecular weight is 209 g/mol. The molecule has 0 amide bonds. The fraction of sp³-hybridized carbons (Fsp3) is 0.300. The fourth-order valence-corrected chi connectivity index (χ4v) is 1.63. The first-order valence-electron chi connectivity index (χ1n) is 4.23. The van der Waals surface area contributed by atoms with Crippen molar-refractivity contribution in [1.82, 2.24) is 0 Å². The highest BCUT2D eigenvalue weighted by Crippen LogP contribution is 2.16. The Labute approximate surface area is 86.9 Å². The van der Waals surface area contributed by atoms with Crippen molar-refractivity contribution >= 4 is 17.3 Å². The quantitative estimate of drug-likeness (QED) is 0.589. The first-order chi connectivity index (χ1) is 6.77. The molecule has 0 unspecified atom stereocenters. The van der Waals surface area contributed by atoms with Crippen LogP contribution in [0.1, 0.15) is 21.5 Å². The third kappa shape index (κ3) is 2.87. The highest BCUT2D eigenvalue weighted by molar-refractivity contribution is 7.14. The molecule has 0 atom stereocenters. The topological polar surface area (TPSA) is 52.3 Å². The zero-order chi connectivity index (χ0) is 10.4. The minimum absolute atomic E-state index is 0.293. The van der Waals surface area contributed by atoms with Crippen LogP contribution in [0.2, 0.25) is 0 Å². The number of carbonyl (C=O) groups is 1. The molecule has 0 fully saturated rings. The van der Waals surface area contributed by atoms with Gasteiger partial charge in [0.25, 0.3) is 0 Å². The van der Waals surface area contributed by atoms with Gasteiger partial charge in [-0.3, -0.25) is 0 Å². The average Bonchev–Trinajstić information content (AvgIpc) is 2.63. The third-order valence-electron chi connectivity index (χ3n) is 1.40. The maximum Gasteiger partial charge on any atom is 0.348 e. The van der Waals surface area contributed by atoms with Crippen molar-refractivity contribution < 1.29 is 9.53 Å². The van der Waals surface area contributed by atoms with E-state index in [1.54, 1.807) is 19.1 Å². The van der Waals surface area contributed by atoms with E-state index in [1.165, 1.54) is 11.3 Å². The van der Waals surface area contributed by atoms with Crippen LogP contribution in [0, 0.1) is 11.8 Å². The molecule has 3 nitrogen and oxygen atoms in total. The lowest BCUT2D eigenvalue weighted by atomic mass is 10.4. The highest BCUT2D eigenvalue weighted by Gasteiger charge is 2.08. The van der Waals surface area contributed by atoms with Crippen LogP contribution in [0.25, 0.3) is 0 Å². The minimum Gasteiger partial charge on any atom is -0.462 e. The predicted octanol–water partition coefficient (Wildman–Crippen LogP) is 1.24. The standard InChI is InChI=1S/C10H11NO2S/c1-2-13-10(12)9-6-5-8(14-9)4-3-7-11/h5-6H,2,7,11H2,1H3. The van der Waals surface area contributed by atoms with Gasteiger partial charge in [-0.15, -0.1) is 11.3 Å². The molecular weight excluding hydrogens is 198 g/mol. The molecule has 0 aliphatic rings. The Kier molecular flexibility index (Phi) is 4.17. The molecular formula is C10H11NO2S. The van der Waals surface area contributed by atoms with Crippen molar-refractivity contribution in [3.8, 4) is 11.8 Å². The van der Waals surface area contributed by atoms with E-state index in [0.29, 0.717) is 18.0 Å². The Balaban J connectivity index is 2.72. The number of hydrogen-bond acceptors (Lipinski definition) is 4. The monoisotopic (exact) mass is 209 g/mol. The number of rotatable bonds is 2. The smallest absolute Gasteiger partial charge is 0.348 e. The normalized spacial score (nSPS) is 9.00. The van der Waals surface area contributed by atoms with Crippen molar-refractivity contribution in [3.05, 3.63) is 21.9 Å². The largest absolute Gasteiger partial charge is 0.462 e. The Bertz CT molecular complexity index is 373. The molecule has 0 spiro atoms. The lowest BCUT2D eigenvalue weighted by Gasteiger charge is -1.95. The number of carbonyl (C=O) groups excluding carboxylic acids is 1. The molecule has 14 heavy (non-hydrogen) atoms. The molecule has 0 radical (unpaired) electrons. The molecule has 0 saturated carbocycles. The van der Waals surface area contributed by atoms with Gasteiger partial charge in [-0.05, 0) is 19.1 Å². The van der Waals surface area contributed by atoms with E-state index >= 15 is 0 Å². The minimum atomic E-state index is -0.293. The Morgan fingerprint density at radius 3 is 3.07 bits per heavy atom. The third-order valence-corrected chi connectivity index (χ3v) is 2.38. The molecule has 4 heteroatoms. The van der Waals surface area contributed by atoms with Gasteiger partial charge in [-0.2, -0.15) is 0 Å². The molecule has 0 aliphatic carbocycles. The van der Waals surface area contributed by atoms with Crippen LogP contribution in [0.3, 0.4) is 0 Å². The van der Waals surface area contributed by atoms with Gasteiger partial charge in [-0.25, -0.2) is 4.79 Å². The molecule has 1 rings (SSSR count). The number of ether oxygens (including phenoxy) is 1. The second kappa shape index (κ2) is 5.43. The zero-order valence-electron chi connectivity index (χ0n) is 7.87. The van der Waals surface area contributed by atoms with E-state index in [0.717, 1.165) is 4.88 Å². The summed E-state index contributed by atoms with van der Waals surface area (Å²) in [7, 11) is 0. The summed E-state index contributed by atoms with van der Waals surface area (Å²) >= 11 is 1.32. The second-order valence-electron chi connectivity index (χ2n) is 2.39. The van der Waals surface area contributed by atoms with Gasteiger partial charge in [0.1, 0.15) is 4.88 Å². The van der Waals surface area contributed by atoms with Gasteiger partial charge >= 0.3 is 5.97 Å². The van der Waals surface area contributed by atoms with Gasteiger partial charge in [0.05, 0.1) is 18.0 Å². The van der Waals surface area contributed by atoms with Crippen molar-refractivity contribution in [2.45, 2.75) is 6.92 Å². The van der Waals surface area contributed by atoms with E-state index in [-0.39, 0.29) is 5.97 Å². The molecule has 0 saturated heterocycles. The molecule has 1 aromatic heterocycles. The summed E-state index contributed by atoms with van der Waals surface area (Å²) in [6.07, 6.45) is 0. The zero-order valence-corrected chi connectivity index (χ0v) is 8.69. The molecule has 1 heterocycles. The van der Waals surface area contributed by atoms with Gasteiger partial charge in [0.15, 0.2) is 0 Å². The summed E-state index contributed by atoms with van der Waals surface area (Å²) in [6.45, 7) is 2.49. The summed E-state index contributed by atoms with van der Waals surface area (Å²) in [5, 5.41) is 0. The van der Waals surface area contributed by atoms with Crippen molar-refractivity contribution in [3.63, 3.8) is 0 Å². The molecule has 74 valence electrons. The Morgan fingerprint density at radius 1 is 1.64 bits per heavy atom. The second-order valence-corrected chi connectivity index (χ2v) is 3.47. The highest BCUT2D eigenvalue weighted by atomic mass is 32.1. The van der Waals surface area contributed by atoms with Crippen LogP contribution in [-0.2, 0) is 4.74 Å². The Hall–Kier alpha value is -1.31. The van der Waals surface area contributed by atoms with E-state index in [2.05, 4.69) is 11.8 Å². The summed E-state index contributed by atoms with van der Waals surface area (Å²) in [6, 6.07) is 3.50. The fourth-order valence-electron chi connectivity index (χ4n) is 0.855. The first kappa shape index (κ1) is 10.8. The van der Waals surface area contributed by atoms with Crippen LogP contribution < -0.4 is 5.73 Å². The lowest BCUT2D eigenvalue weighted by Crippen LogP contribution is -2.01. The van der Waals surface area contributed by atoms with Crippen LogP contribution in [0.4, 0.5) is 0 Å². The summed E-state index contributed by atoms with van der Waals surface area (Å²) in [5.74, 6) is 5.29. The lowest BCUT2D eigenvalue weighted by molar-refractivity contribution is 0.0532. The van der Waals surface area contributed by atoms with E-state index in [1.807, 2.05) is 0 Å². The van der Waals surface area contributed by atoms with E-state index < -0.39 is 0 Å². The molecule has 0 aliphatic heterocycles. The summed E-state index contributed by atoms with van der Waals surface area (Å²) < 4.78 is 4.84. The molecule has 0 bridgehead atoms. The predicted molar refractivity (Wildman–Crippen MR) is 56.2 cm³/mol. The van der Waals surface area contributed by atoms with Crippen LogP contribution in [0.15, 0.2) is 12.1 Å². The maximum absolute atomic E-state index is 11.2. The number of nitrogens with two attached hydrogens (primary N) is 1. The first-order valence-corrected chi connectivity index (χ1v) is 5.05. The number of esters is 1. The molecule has 0 aromatic carbocycles. The SMILES string of the molecule is CCOC(=O)c1ccc(C#CCN)s1. The summed E-state index contributed by atoms with van der Waals surface area (Å²) in [5.41, 5.74) is 5.23. The van der Waals surface area contributed by atoms with Crippen molar-refractivity contribution in [2.24, 2.45) is 5.73 Å². The van der Waals surface area contributed by atoms with E-state index in [4.69, 9.17) is 10.5 Å². The van der Waals surface area contributed by atoms with Gasteiger partial charge < -0.3 is 10.5 Å². The van der Waals surface area contributed by atoms with Crippen LogP contribution in [0.5, 0.6) is 0 Å². The van der Waals surface area contributed by atoms with E-state index in [9.17, 15) is 4.79 Å². The number of hydrogen-bond donors (Lipinski definition) is 1. The van der Waals surface area contributed by atoms with Gasteiger partial charge in [0.2, 0.25) is 0 Å². The van der Waals surface area contributed by atoms with Crippen LogP contribution in [-0.4, -0.2) is 19.1 Å². The number of thiophene rings is 1. The summed E-state index contributed by atoms with van der Waals surface area (Å²) in [4.78, 5) is 12.7. The van der Waals surface area contributed by atoms with Gasteiger partial charge in [0, 0.05) is 0 Å². The van der Waals surface area contributed by atoms with Crippen LogP contribution >= 0.6 is 11.3 Å². The molecule has 2 N–H and O–H groups in total. The van der Waals surface area contributed by atoms with Crippen molar-refractivity contribution in [1.29, 1.82) is 0 Å². The maximum atomic E-state index is 11.2. The van der Waals surface area contributed by atoms with Crippen molar-refractivity contribution in [2.75, 3.05) is 13.2 Å². The molecule has 1 aromatic rings.